The van der Waals surface area contributed by atoms with Gasteiger partial charge in [0.25, 0.3) is 5.92 Å². The maximum Gasteiger partial charge on any atom is 0.405 e. The Labute approximate surface area is 134 Å². The molecule has 2 fully saturated rings. The van der Waals surface area contributed by atoms with E-state index in [2.05, 4.69) is 0 Å². The standard InChI is InChI=1S/C17H22F2N2O2/c18-17(19)10-21(11-17)14-8-6-13(7-9-14)15(23-16(20)22)12-4-2-1-3-5-12/h1-5,13-15H,6-11H2,(H2,20,22). The van der Waals surface area contributed by atoms with Gasteiger partial charge < -0.3 is 10.5 Å². The van der Waals surface area contributed by atoms with Gasteiger partial charge >= 0.3 is 6.09 Å². The van der Waals surface area contributed by atoms with Crippen molar-refractivity contribution in [3.63, 3.8) is 0 Å². The van der Waals surface area contributed by atoms with Crippen LogP contribution in [0.1, 0.15) is 37.4 Å². The highest BCUT2D eigenvalue weighted by atomic mass is 19.3. The van der Waals surface area contributed by atoms with Crippen molar-refractivity contribution in [2.24, 2.45) is 11.7 Å². The Morgan fingerprint density at radius 3 is 2.30 bits per heavy atom. The second-order valence-corrected chi connectivity index (χ2v) is 6.60. The Morgan fingerprint density at radius 1 is 1.17 bits per heavy atom. The van der Waals surface area contributed by atoms with Gasteiger partial charge in [-0.25, -0.2) is 13.6 Å². The lowest BCUT2D eigenvalue weighted by atomic mass is 9.79. The molecule has 1 saturated carbocycles. The van der Waals surface area contributed by atoms with Gasteiger partial charge in [-0.15, -0.1) is 0 Å². The SMILES string of the molecule is NC(=O)OC(c1ccccc1)C1CCC(N2CC(F)(F)C2)CC1. The highest BCUT2D eigenvalue weighted by Gasteiger charge is 2.47. The number of alkyl halides is 2. The number of carbonyl (C=O) groups excluding carboxylic acids is 1. The van der Waals surface area contributed by atoms with Crippen LogP contribution >= 0.6 is 0 Å². The molecule has 0 bridgehead atoms. The lowest BCUT2D eigenvalue weighted by Gasteiger charge is -2.46. The van der Waals surface area contributed by atoms with Gasteiger partial charge in [0.05, 0.1) is 13.1 Å². The summed E-state index contributed by atoms with van der Waals surface area (Å²) in [6.07, 6.45) is 2.27. The summed E-state index contributed by atoms with van der Waals surface area (Å²) in [6, 6.07) is 9.79. The van der Waals surface area contributed by atoms with E-state index in [1.807, 2.05) is 35.2 Å². The Bertz CT molecular complexity index is 537. The number of amides is 1. The number of carbonyl (C=O) groups is 1. The number of hydrogen-bond acceptors (Lipinski definition) is 3. The van der Waals surface area contributed by atoms with Crippen molar-refractivity contribution in [2.75, 3.05) is 13.1 Å². The molecule has 1 unspecified atom stereocenters. The van der Waals surface area contributed by atoms with E-state index >= 15 is 0 Å². The van der Waals surface area contributed by atoms with Crippen molar-refractivity contribution >= 4 is 6.09 Å². The van der Waals surface area contributed by atoms with Gasteiger partial charge in [0.15, 0.2) is 0 Å². The molecule has 1 aliphatic carbocycles. The number of benzene rings is 1. The largest absolute Gasteiger partial charge is 0.441 e. The first-order valence-corrected chi connectivity index (χ1v) is 8.07. The summed E-state index contributed by atoms with van der Waals surface area (Å²) in [6.45, 7) is -0.246. The molecule has 1 heterocycles. The molecule has 1 saturated heterocycles. The van der Waals surface area contributed by atoms with Crippen LogP contribution in [-0.2, 0) is 4.74 Å². The topological polar surface area (TPSA) is 55.6 Å². The van der Waals surface area contributed by atoms with Crippen molar-refractivity contribution in [1.29, 1.82) is 0 Å². The van der Waals surface area contributed by atoms with Gasteiger partial charge in [0.1, 0.15) is 6.10 Å². The molecule has 1 atom stereocenters. The third-order valence-electron chi connectivity index (χ3n) is 4.93. The van der Waals surface area contributed by atoms with Gasteiger partial charge in [-0.05, 0) is 31.2 Å². The van der Waals surface area contributed by atoms with Crippen LogP contribution < -0.4 is 5.73 Å². The zero-order valence-electron chi connectivity index (χ0n) is 13.0. The maximum absolute atomic E-state index is 13.0. The molecule has 0 radical (unpaired) electrons. The first-order chi connectivity index (χ1) is 10.9. The van der Waals surface area contributed by atoms with Crippen LogP contribution in [-0.4, -0.2) is 36.0 Å². The minimum Gasteiger partial charge on any atom is -0.441 e. The summed E-state index contributed by atoms with van der Waals surface area (Å²) in [5.74, 6) is -2.33. The van der Waals surface area contributed by atoms with E-state index in [1.165, 1.54) is 0 Å². The van der Waals surface area contributed by atoms with Gasteiger partial charge in [-0.2, -0.15) is 0 Å². The lowest BCUT2D eigenvalue weighted by molar-refractivity contribution is -0.152. The Hall–Kier alpha value is -1.69. The summed E-state index contributed by atoms with van der Waals surface area (Å²) in [5, 5.41) is 0. The van der Waals surface area contributed by atoms with Gasteiger partial charge in [0, 0.05) is 12.0 Å². The second-order valence-electron chi connectivity index (χ2n) is 6.60. The number of primary amides is 1. The number of rotatable bonds is 4. The van der Waals surface area contributed by atoms with Crippen molar-refractivity contribution < 1.29 is 18.3 Å². The monoisotopic (exact) mass is 324 g/mol. The maximum atomic E-state index is 13.0. The predicted octanol–water partition coefficient (Wildman–Crippen LogP) is 3.33. The molecule has 0 aromatic heterocycles. The minimum atomic E-state index is -2.52. The summed E-state index contributed by atoms with van der Waals surface area (Å²) in [7, 11) is 0. The first-order valence-electron chi connectivity index (χ1n) is 8.07. The quantitative estimate of drug-likeness (QED) is 0.924. The summed E-state index contributed by atoms with van der Waals surface area (Å²) < 4.78 is 31.4. The van der Waals surface area contributed by atoms with Gasteiger partial charge in [0.2, 0.25) is 0 Å². The molecule has 23 heavy (non-hydrogen) atoms. The van der Waals surface area contributed by atoms with Crippen LogP contribution in [0.4, 0.5) is 13.6 Å². The smallest absolute Gasteiger partial charge is 0.405 e. The van der Waals surface area contributed by atoms with E-state index < -0.39 is 12.0 Å². The second kappa shape index (κ2) is 6.43. The van der Waals surface area contributed by atoms with Crippen LogP contribution in [0, 0.1) is 5.92 Å². The normalized spacial score (nSPS) is 28.6. The Morgan fingerprint density at radius 2 is 1.78 bits per heavy atom. The van der Waals surface area contributed by atoms with Crippen molar-refractivity contribution in [1.82, 2.24) is 4.90 Å². The molecule has 3 rings (SSSR count). The third kappa shape index (κ3) is 3.80. The zero-order valence-corrected chi connectivity index (χ0v) is 13.0. The van der Waals surface area contributed by atoms with Crippen LogP contribution in [0.2, 0.25) is 0 Å². The first kappa shape index (κ1) is 16.2. The molecule has 126 valence electrons. The molecule has 2 aliphatic rings. The van der Waals surface area contributed by atoms with E-state index in [0.717, 1.165) is 31.2 Å². The van der Waals surface area contributed by atoms with E-state index in [9.17, 15) is 13.6 Å². The number of halogens is 2. The van der Waals surface area contributed by atoms with Crippen molar-refractivity contribution in [3.05, 3.63) is 35.9 Å². The van der Waals surface area contributed by atoms with E-state index in [4.69, 9.17) is 10.5 Å². The van der Waals surface area contributed by atoms with Crippen LogP contribution in [0.25, 0.3) is 0 Å². The molecule has 2 N–H and O–H groups in total. The molecule has 0 spiro atoms. The molecular weight excluding hydrogens is 302 g/mol. The van der Waals surface area contributed by atoms with E-state index in [0.29, 0.717) is 0 Å². The van der Waals surface area contributed by atoms with Crippen molar-refractivity contribution in [3.8, 4) is 0 Å². The highest BCUT2D eigenvalue weighted by Crippen LogP contribution is 2.40. The molecular formula is C17H22F2N2O2. The van der Waals surface area contributed by atoms with E-state index in [1.54, 1.807) is 0 Å². The molecule has 1 aromatic carbocycles. The van der Waals surface area contributed by atoms with Crippen molar-refractivity contribution in [2.45, 2.75) is 43.8 Å². The highest BCUT2D eigenvalue weighted by molar-refractivity contribution is 5.65. The summed E-state index contributed by atoms with van der Waals surface area (Å²) in [5.41, 5.74) is 6.16. The average molecular weight is 324 g/mol. The fourth-order valence-corrected chi connectivity index (χ4v) is 3.78. The van der Waals surface area contributed by atoms with Gasteiger partial charge in [-0.3, -0.25) is 4.90 Å². The van der Waals surface area contributed by atoms with Crippen LogP contribution in [0.15, 0.2) is 30.3 Å². The zero-order chi connectivity index (χ0) is 16.4. The number of likely N-dealkylation sites (tertiary alicyclic amines) is 1. The fraction of sp³-hybridized carbons (Fsp3) is 0.588. The number of nitrogens with two attached hydrogens (primary N) is 1. The van der Waals surface area contributed by atoms with Crippen LogP contribution in [0.3, 0.4) is 0 Å². The molecule has 1 amide bonds. The third-order valence-corrected chi connectivity index (χ3v) is 4.93. The lowest BCUT2D eigenvalue weighted by Crippen LogP contribution is -2.60. The fourth-order valence-electron chi connectivity index (χ4n) is 3.78. The van der Waals surface area contributed by atoms with E-state index in [-0.39, 0.29) is 31.2 Å². The molecule has 4 nitrogen and oxygen atoms in total. The molecule has 6 heteroatoms. The Kier molecular flexibility index (Phi) is 4.53. The summed E-state index contributed by atoms with van der Waals surface area (Å²) >= 11 is 0. The predicted molar refractivity (Wildman–Crippen MR) is 82.1 cm³/mol. The van der Waals surface area contributed by atoms with Crippen LogP contribution in [0.5, 0.6) is 0 Å². The molecule has 1 aromatic rings. The molecule has 1 aliphatic heterocycles. The minimum absolute atomic E-state index is 0.123. The average Bonchev–Trinajstić information content (AvgIpc) is 2.51. The summed E-state index contributed by atoms with van der Waals surface area (Å²) in [4.78, 5) is 13.1. The number of nitrogens with zero attached hydrogens (tertiary/aromatic N) is 1. The van der Waals surface area contributed by atoms with Gasteiger partial charge in [-0.1, -0.05) is 30.3 Å². The number of ether oxygens (including phenoxy) is 1. The Balaban J connectivity index is 1.61. The number of hydrogen-bond donors (Lipinski definition) is 1.